The fourth-order valence-corrected chi connectivity index (χ4v) is 2.72. The number of fused-ring (bicyclic) bond motifs is 1. The molecule has 0 unspecified atom stereocenters. The van der Waals surface area contributed by atoms with Gasteiger partial charge in [-0.15, -0.1) is 0 Å². The summed E-state index contributed by atoms with van der Waals surface area (Å²) in [7, 11) is 0. The Hall–Kier alpha value is -3.21. The maximum absolute atomic E-state index is 12.4. The number of ether oxygens (including phenoxy) is 1. The Morgan fingerprint density at radius 3 is 2.86 bits per heavy atom. The fraction of sp³-hybridized carbons (Fsp3) is 0.333. The molecule has 0 radical (unpaired) electrons. The number of nitrogens with zero attached hydrogens (tertiary/aromatic N) is 4. The summed E-state index contributed by atoms with van der Waals surface area (Å²) in [6, 6.07) is 4.77. The first-order valence-corrected chi connectivity index (χ1v) is 8.63. The van der Waals surface area contributed by atoms with Crippen LogP contribution in [0.1, 0.15) is 21.7 Å². The van der Waals surface area contributed by atoms with Crippen LogP contribution in [0, 0.1) is 6.92 Å². The van der Waals surface area contributed by atoms with Crippen molar-refractivity contribution in [3.63, 3.8) is 0 Å². The van der Waals surface area contributed by atoms with Crippen LogP contribution in [0.4, 0.5) is 13.2 Å². The van der Waals surface area contributed by atoms with Crippen molar-refractivity contribution in [3.8, 4) is 5.88 Å². The Morgan fingerprint density at radius 1 is 1.34 bits per heavy atom. The molecule has 0 fully saturated rings. The molecule has 2 N–H and O–H groups in total. The summed E-state index contributed by atoms with van der Waals surface area (Å²) in [5.74, 6) is -0.563. The number of halogens is 3. The first kappa shape index (κ1) is 20.5. The van der Waals surface area contributed by atoms with E-state index in [9.17, 15) is 18.0 Å². The number of carbonyl (C=O) groups is 1. The number of aliphatic hydroxyl groups is 1. The molecule has 0 bridgehead atoms. The fourth-order valence-electron chi connectivity index (χ4n) is 2.72. The van der Waals surface area contributed by atoms with E-state index in [2.05, 4.69) is 20.4 Å². The van der Waals surface area contributed by atoms with Gasteiger partial charge < -0.3 is 15.2 Å². The molecule has 0 aliphatic heterocycles. The molecule has 0 aromatic carbocycles. The standard InChI is InChI=1S/C18H18F3N5O3/c1-11-6-12(7-15(24-11)29-10-18(19,20)21)8-26-9-13-14(25-26)2-3-22-16(13)17(28)23-4-5-27/h2-3,6-7,9,27H,4-5,8,10H2,1H3,(H,23,28). The van der Waals surface area contributed by atoms with Crippen molar-refractivity contribution in [1.82, 2.24) is 25.1 Å². The van der Waals surface area contributed by atoms with Gasteiger partial charge in [0.15, 0.2) is 6.61 Å². The Labute approximate surface area is 163 Å². The number of rotatable bonds is 7. The third kappa shape index (κ3) is 5.41. The van der Waals surface area contributed by atoms with Crippen LogP contribution < -0.4 is 10.1 Å². The number of pyridine rings is 2. The Bertz CT molecular complexity index is 1020. The summed E-state index contributed by atoms with van der Waals surface area (Å²) in [6.07, 6.45) is -1.37. The van der Waals surface area contributed by atoms with Crippen LogP contribution in [-0.4, -0.2) is 56.7 Å². The predicted octanol–water partition coefficient (Wildman–Crippen LogP) is 1.85. The van der Waals surface area contributed by atoms with Gasteiger partial charge in [0.1, 0.15) is 5.69 Å². The van der Waals surface area contributed by atoms with Crippen molar-refractivity contribution in [1.29, 1.82) is 0 Å². The molecule has 0 aliphatic rings. The molecule has 0 spiro atoms. The molecule has 0 atom stereocenters. The molecule has 3 rings (SSSR count). The maximum atomic E-state index is 12.4. The second-order valence-corrected chi connectivity index (χ2v) is 6.26. The quantitative estimate of drug-likeness (QED) is 0.618. The highest BCUT2D eigenvalue weighted by Crippen LogP contribution is 2.20. The SMILES string of the molecule is Cc1cc(Cn2cc3c(C(=O)NCCO)nccc3n2)cc(OCC(F)(F)F)n1. The average Bonchev–Trinajstić information content (AvgIpc) is 3.05. The first-order valence-electron chi connectivity index (χ1n) is 8.63. The highest BCUT2D eigenvalue weighted by atomic mass is 19.4. The molecule has 3 aromatic heterocycles. The van der Waals surface area contributed by atoms with Crippen molar-refractivity contribution in [2.75, 3.05) is 19.8 Å². The highest BCUT2D eigenvalue weighted by Gasteiger charge is 2.28. The van der Waals surface area contributed by atoms with Gasteiger partial charge in [-0.05, 0) is 24.6 Å². The van der Waals surface area contributed by atoms with E-state index in [0.717, 1.165) is 0 Å². The lowest BCUT2D eigenvalue weighted by Gasteiger charge is -2.10. The van der Waals surface area contributed by atoms with Crippen LogP contribution in [0.15, 0.2) is 30.6 Å². The van der Waals surface area contributed by atoms with Crippen molar-refractivity contribution in [3.05, 3.63) is 47.5 Å². The zero-order valence-electron chi connectivity index (χ0n) is 15.4. The minimum absolute atomic E-state index is 0.0992. The van der Waals surface area contributed by atoms with Crippen LogP contribution in [-0.2, 0) is 6.54 Å². The first-order chi connectivity index (χ1) is 13.7. The zero-order valence-corrected chi connectivity index (χ0v) is 15.4. The number of carbonyl (C=O) groups excluding carboxylic acids is 1. The summed E-state index contributed by atoms with van der Waals surface area (Å²) in [5.41, 5.74) is 1.85. The number of aliphatic hydroxyl groups excluding tert-OH is 1. The van der Waals surface area contributed by atoms with Gasteiger partial charge in [-0.3, -0.25) is 14.5 Å². The van der Waals surface area contributed by atoms with E-state index in [0.29, 0.717) is 22.2 Å². The predicted molar refractivity (Wildman–Crippen MR) is 96.6 cm³/mol. The second-order valence-electron chi connectivity index (χ2n) is 6.26. The van der Waals surface area contributed by atoms with E-state index >= 15 is 0 Å². The number of amides is 1. The number of hydrogen-bond donors (Lipinski definition) is 2. The van der Waals surface area contributed by atoms with Gasteiger partial charge in [0.25, 0.3) is 5.91 Å². The van der Waals surface area contributed by atoms with Crippen LogP contribution >= 0.6 is 0 Å². The number of alkyl halides is 3. The summed E-state index contributed by atoms with van der Waals surface area (Å²) in [6.45, 7) is 0.366. The minimum atomic E-state index is -4.45. The molecule has 0 aliphatic carbocycles. The van der Waals surface area contributed by atoms with Gasteiger partial charge in [0.05, 0.1) is 24.1 Å². The molecule has 0 saturated heterocycles. The molecule has 3 aromatic rings. The van der Waals surface area contributed by atoms with Gasteiger partial charge in [0.2, 0.25) is 5.88 Å². The monoisotopic (exact) mass is 409 g/mol. The maximum Gasteiger partial charge on any atom is 0.422 e. The highest BCUT2D eigenvalue weighted by molar-refractivity contribution is 6.04. The van der Waals surface area contributed by atoms with Crippen LogP contribution in [0.3, 0.4) is 0 Å². The lowest BCUT2D eigenvalue weighted by atomic mass is 10.2. The van der Waals surface area contributed by atoms with Gasteiger partial charge in [-0.1, -0.05) is 0 Å². The zero-order chi connectivity index (χ0) is 21.0. The minimum Gasteiger partial charge on any atom is -0.468 e. The molecular weight excluding hydrogens is 391 g/mol. The third-order valence-electron chi connectivity index (χ3n) is 3.81. The molecule has 154 valence electrons. The Kier molecular flexibility index (Phi) is 5.97. The van der Waals surface area contributed by atoms with Crippen LogP contribution in [0.2, 0.25) is 0 Å². The Morgan fingerprint density at radius 2 is 2.14 bits per heavy atom. The lowest BCUT2D eigenvalue weighted by Crippen LogP contribution is -2.27. The van der Waals surface area contributed by atoms with E-state index in [1.165, 1.54) is 12.3 Å². The van der Waals surface area contributed by atoms with E-state index in [1.54, 1.807) is 29.9 Å². The molecular formula is C18H18F3N5O3. The average molecular weight is 409 g/mol. The topological polar surface area (TPSA) is 102 Å². The summed E-state index contributed by atoms with van der Waals surface area (Å²) in [4.78, 5) is 20.2. The number of nitrogens with one attached hydrogen (secondary N) is 1. The van der Waals surface area contributed by atoms with Gasteiger partial charge >= 0.3 is 6.18 Å². The van der Waals surface area contributed by atoms with Crippen LogP contribution in [0.25, 0.3) is 10.9 Å². The normalized spacial score (nSPS) is 11.6. The van der Waals surface area contributed by atoms with Crippen molar-refractivity contribution >= 4 is 16.8 Å². The number of aryl methyl sites for hydroxylation is 1. The molecule has 1 amide bonds. The summed E-state index contributed by atoms with van der Waals surface area (Å²) in [5, 5.41) is 16.3. The largest absolute Gasteiger partial charge is 0.468 e. The van der Waals surface area contributed by atoms with E-state index < -0.39 is 18.7 Å². The van der Waals surface area contributed by atoms with Gasteiger partial charge in [-0.2, -0.15) is 18.3 Å². The lowest BCUT2D eigenvalue weighted by molar-refractivity contribution is -0.154. The van der Waals surface area contributed by atoms with Crippen molar-refractivity contribution in [2.45, 2.75) is 19.6 Å². The van der Waals surface area contributed by atoms with Gasteiger partial charge in [0, 0.05) is 30.7 Å². The van der Waals surface area contributed by atoms with E-state index in [4.69, 9.17) is 9.84 Å². The van der Waals surface area contributed by atoms with Gasteiger partial charge in [-0.25, -0.2) is 4.98 Å². The molecule has 3 heterocycles. The Balaban J connectivity index is 1.83. The second kappa shape index (κ2) is 8.43. The number of aromatic nitrogens is 4. The number of hydrogen-bond acceptors (Lipinski definition) is 6. The molecule has 29 heavy (non-hydrogen) atoms. The summed E-state index contributed by atoms with van der Waals surface area (Å²) < 4.78 is 43.4. The van der Waals surface area contributed by atoms with Crippen molar-refractivity contribution < 1.29 is 27.8 Å². The molecule has 11 heteroatoms. The van der Waals surface area contributed by atoms with Crippen LogP contribution in [0.5, 0.6) is 5.88 Å². The smallest absolute Gasteiger partial charge is 0.422 e. The molecule has 0 saturated carbocycles. The summed E-state index contributed by atoms with van der Waals surface area (Å²) >= 11 is 0. The van der Waals surface area contributed by atoms with Crippen molar-refractivity contribution in [2.24, 2.45) is 0 Å². The molecule has 8 nitrogen and oxygen atoms in total. The third-order valence-corrected chi connectivity index (χ3v) is 3.81. The van der Waals surface area contributed by atoms with E-state index in [-0.39, 0.29) is 31.3 Å². The van der Waals surface area contributed by atoms with E-state index in [1.807, 2.05) is 0 Å².